The van der Waals surface area contributed by atoms with Gasteiger partial charge in [0.05, 0.1) is 37.3 Å². The highest BCUT2D eigenvalue weighted by Gasteiger charge is 2.20. The summed E-state index contributed by atoms with van der Waals surface area (Å²) < 4.78 is 30.7. The first kappa shape index (κ1) is 25.0. The molecule has 2 N–H and O–H groups in total. The predicted molar refractivity (Wildman–Crippen MR) is 126 cm³/mol. The molecule has 33 heavy (non-hydrogen) atoms. The lowest BCUT2D eigenvalue weighted by molar-refractivity contribution is 0.218. The Morgan fingerprint density at radius 2 is 1.76 bits per heavy atom. The number of hydrogen-bond acceptors (Lipinski definition) is 8. The Bertz CT molecular complexity index is 1180. The average molecular weight is 475 g/mol. The molecule has 3 rings (SSSR count). The zero-order valence-electron chi connectivity index (χ0n) is 19.1. The lowest BCUT2D eigenvalue weighted by Crippen LogP contribution is -2.34. The van der Waals surface area contributed by atoms with E-state index in [9.17, 15) is 13.5 Å². The second-order valence-corrected chi connectivity index (χ2v) is 10.4. The third-order valence-corrected chi connectivity index (χ3v) is 6.69. The molecule has 0 unspecified atom stereocenters. The summed E-state index contributed by atoms with van der Waals surface area (Å²) >= 11 is 0. The van der Waals surface area contributed by atoms with Crippen LogP contribution >= 0.6 is 0 Å². The Balaban J connectivity index is 1.81. The van der Waals surface area contributed by atoms with Crippen LogP contribution in [-0.2, 0) is 15.4 Å². The van der Waals surface area contributed by atoms with Crippen LogP contribution in [0.3, 0.4) is 0 Å². The van der Waals surface area contributed by atoms with Gasteiger partial charge in [0, 0.05) is 36.5 Å². The van der Waals surface area contributed by atoms with E-state index < -0.39 is 10.0 Å². The minimum Gasteiger partial charge on any atom is -0.476 e. The van der Waals surface area contributed by atoms with Gasteiger partial charge >= 0.3 is 0 Å². The maximum Gasteiger partial charge on any atom is 0.242 e. The summed E-state index contributed by atoms with van der Waals surface area (Å²) in [6.45, 7) is 4.25. The maximum atomic E-state index is 11.8. The first-order valence-electron chi connectivity index (χ1n) is 10.7. The Hall–Kier alpha value is -2.66. The molecule has 0 aliphatic heterocycles. The molecule has 0 bridgehead atoms. The number of rotatable bonds is 11. The van der Waals surface area contributed by atoms with Crippen LogP contribution in [0.4, 0.5) is 0 Å². The number of ether oxygens (including phenoxy) is 1. The van der Waals surface area contributed by atoms with Crippen molar-refractivity contribution < 1.29 is 23.4 Å². The van der Waals surface area contributed by atoms with Gasteiger partial charge in [-0.1, -0.05) is 38.1 Å². The van der Waals surface area contributed by atoms with E-state index >= 15 is 0 Å². The van der Waals surface area contributed by atoms with E-state index in [1.54, 1.807) is 12.4 Å². The molecule has 2 aromatic heterocycles. The number of aliphatic hydroxyl groups is 2. The summed E-state index contributed by atoms with van der Waals surface area (Å²) in [5.74, 6) is 0.323. The molecule has 2 heterocycles. The van der Waals surface area contributed by atoms with Gasteiger partial charge in [-0.15, -0.1) is 0 Å². The molecule has 178 valence electrons. The highest BCUT2D eigenvalue weighted by atomic mass is 32.2. The van der Waals surface area contributed by atoms with Gasteiger partial charge in [-0.2, -0.15) is 4.31 Å². The largest absolute Gasteiger partial charge is 0.476 e. The van der Waals surface area contributed by atoms with Crippen LogP contribution in [0.1, 0.15) is 25.8 Å². The van der Waals surface area contributed by atoms with Gasteiger partial charge in [-0.3, -0.25) is 4.98 Å². The molecule has 9 nitrogen and oxygen atoms in total. The number of nitrogens with zero attached hydrogens (tertiary/aromatic N) is 4. The van der Waals surface area contributed by atoms with Crippen molar-refractivity contribution in [2.75, 3.05) is 39.2 Å². The van der Waals surface area contributed by atoms with Gasteiger partial charge in [0.25, 0.3) is 0 Å². The topological polar surface area (TPSA) is 126 Å². The first-order chi connectivity index (χ1) is 15.7. The van der Waals surface area contributed by atoms with Crippen molar-refractivity contribution in [3.63, 3.8) is 0 Å². The highest BCUT2D eigenvalue weighted by molar-refractivity contribution is 7.88. The van der Waals surface area contributed by atoms with E-state index in [-0.39, 0.29) is 38.3 Å². The highest BCUT2D eigenvalue weighted by Crippen LogP contribution is 2.29. The SMILES string of the molecule is CC(C)(CO)c1ccc(-c2cc3nccnc3c(OCCCN(CCO)S(C)(=O)=O)n2)cc1. The molecule has 0 saturated carbocycles. The van der Waals surface area contributed by atoms with Gasteiger partial charge in [0.1, 0.15) is 0 Å². The number of hydrogen-bond donors (Lipinski definition) is 2. The third-order valence-electron chi connectivity index (χ3n) is 5.39. The van der Waals surface area contributed by atoms with Crippen LogP contribution in [0, 0.1) is 0 Å². The van der Waals surface area contributed by atoms with Crippen molar-refractivity contribution in [3.05, 3.63) is 48.3 Å². The van der Waals surface area contributed by atoms with E-state index in [0.717, 1.165) is 17.4 Å². The summed E-state index contributed by atoms with van der Waals surface area (Å²) in [6, 6.07) is 9.67. The zero-order chi connectivity index (χ0) is 24.1. The Labute approximate surface area is 194 Å². The molecule has 1 aromatic carbocycles. The van der Waals surface area contributed by atoms with Crippen LogP contribution in [0.25, 0.3) is 22.3 Å². The molecular formula is C23H30N4O5S. The lowest BCUT2D eigenvalue weighted by atomic mass is 9.85. The summed E-state index contributed by atoms with van der Waals surface area (Å²) in [7, 11) is -3.40. The number of fused-ring (bicyclic) bond motifs is 1. The fraction of sp³-hybridized carbons (Fsp3) is 0.435. The van der Waals surface area contributed by atoms with Crippen LogP contribution < -0.4 is 4.74 Å². The third kappa shape index (κ3) is 6.23. The zero-order valence-corrected chi connectivity index (χ0v) is 19.9. The number of sulfonamides is 1. The minimum atomic E-state index is -3.40. The van der Waals surface area contributed by atoms with E-state index in [0.29, 0.717) is 29.0 Å². The number of aliphatic hydroxyl groups excluding tert-OH is 2. The molecule has 10 heteroatoms. The second kappa shape index (κ2) is 10.5. The molecule has 0 aliphatic carbocycles. The first-order valence-corrected chi connectivity index (χ1v) is 12.5. The molecule has 0 atom stereocenters. The van der Waals surface area contributed by atoms with Gasteiger partial charge in [-0.25, -0.2) is 18.4 Å². The van der Waals surface area contributed by atoms with Crippen LogP contribution in [-0.4, -0.2) is 77.1 Å². The Morgan fingerprint density at radius 3 is 2.39 bits per heavy atom. The second-order valence-electron chi connectivity index (χ2n) is 8.44. The molecule has 0 radical (unpaired) electrons. The average Bonchev–Trinajstić information content (AvgIpc) is 2.80. The summed E-state index contributed by atoms with van der Waals surface area (Å²) in [5, 5.41) is 18.7. The van der Waals surface area contributed by atoms with Crippen LogP contribution in [0.5, 0.6) is 5.88 Å². The number of benzene rings is 1. The maximum absolute atomic E-state index is 11.8. The number of aromatic nitrogens is 3. The molecule has 0 aliphatic rings. The van der Waals surface area contributed by atoms with Crippen molar-refractivity contribution in [1.29, 1.82) is 0 Å². The predicted octanol–water partition coefficient (Wildman–Crippen LogP) is 1.98. The quantitative estimate of drug-likeness (QED) is 0.404. The van der Waals surface area contributed by atoms with Crippen LogP contribution in [0.15, 0.2) is 42.7 Å². The van der Waals surface area contributed by atoms with Gasteiger partial charge in [-0.05, 0) is 18.1 Å². The van der Waals surface area contributed by atoms with Gasteiger partial charge in [0.15, 0.2) is 5.52 Å². The molecule has 0 saturated heterocycles. The van der Waals surface area contributed by atoms with E-state index in [1.165, 1.54) is 4.31 Å². The van der Waals surface area contributed by atoms with Gasteiger partial charge < -0.3 is 14.9 Å². The lowest BCUT2D eigenvalue weighted by Gasteiger charge is -2.22. The smallest absolute Gasteiger partial charge is 0.242 e. The molecule has 3 aromatic rings. The van der Waals surface area contributed by atoms with Crippen molar-refractivity contribution >= 4 is 21.1 Å². The summed E-state index contributed by atoms with van der Waals surface area (Å²) in [4.78, 5) is 13.4. The Morgan fingerprint density at radius 1 is 1.06 bits per heavy atom. The minimum absolute atomic E-state index is 0.0449. The van der Waals surface area contributed by atoms with Crippen LogP contribution in [0.2, 0.25) is 0 Å². The summed E-state index contributed by atoms with van der Waals surface area (Å²) in [5.41, 5.74) is 3.37. The molecule has 0 spiro atoms. The standard InChI is InChI=1S/C23H30N4O5S/c1-23(2,16-29)18-7-5-17(6-8-18)19-15-20-21(25-10-9-24-20)22(26-19)32-14-4-11-27(12-13-28)33(3,30)31/h5-10,15,28-29H,4,11-14,16H2,1-3H3. The number of pyridine rings is 1. The summed E-state index contributed by atoms with van der Waals surface area (Å²) in [6.07, 6.45) is 4.70. The van der Waals surface area contributed by atoms with Crippen molar-refractivity contribution in [2.24, 2.45) is 0 Å². The van der Waals surface area contributed by atoms with E-state index in [4.69, 9.17) is 9.84 Å². The monoisotopic (exact) mass is 474 g/mol. The molecule has 0 amide bonds. The molecular weight excluding hydrogens is 444 g/mol. The van der Waals surface area contributed by atoms with Gasteiger partial charge in [0.2, 0.25) is 15.9 Å². The van der Waals surface area contributed by atoms with Crippen molar-refractivity contribution in [1.82, 2.24) is 19.3 Å². The van der Waals surface area contributed by atoms with Crippen molar-refractivity contribution in [3.8, 4) is 17.1 Å². The molecule has 0 fully saturated rings. The fourth-order valence-electron chi connectivity index (χ4n) is 3.34. The normalized spacial score (nSPS) is 12.4. The van der Waals surface area contributed by atoms with E-state index in [1.807, 2.05) is 44.2 Å². The Kier molecular flexibility index (Phi) is 7.96. The van der Waals surface area contributed by atoms with Crippen molar-refractivity contribution in [2.45, 2.75) is 25.7 Å². The van der Waals surface area contributed by atoms with E-state index in [2.05, 4.69) is 15.0 Å². The fourth-order valence-corrected chi connectivity index (χ4v) is 4.21.